The molecule has 1 fully saturated rings. The Kier molecular flexibility index (Phi) is 5.81. The summed E-state index contributed by atoms with van der Waals surface area (Å²) in [4.78, 5) is 27.5. The topological polar surface area (TPSA) is 53.9 Å². The van der Waals surface area contributed by atoms with Crippen LogP contribution in [0.2, 0.25) is 0 Å². The summed E-state index contributed by atoms with van der Waals surface area (Å²) < 4.78 is 13.1. The van der Waals surface area contributed by atoms with Crippen molar-refractivity contribution < 1.29 is 18.9 Å². The van der Waals surface area contributed by atoms with Crippen LogP contribution in [-0.2, 0) is 9.59 Å². The fourth-order valence-corrected chi connectivity index (χ4v) is 3.47. The number of amides is 2. The lowest BCUT2D eigenvalue weighted by atomic mass is 10.0. The minimum absolute atomic E-state index is 0.128. The molecule has 6 heteroatoms. The Bertz CT molecular complexity index is 654. The molecule has 0 bridgehead atoms. The number of benzene rings is 1. The molecule has 1 heterocycles. The first-order valence-electron chi connectivity index (χ1n) is 8.93. The van der Waals surface area contributed by atoms with Crippen LogP contribution in [-0.4, -0.2) is 49.4 Å². The van der Waals surface area contributed by atoms with Gasteiger partial charge in [0.15, 0.2) is 6.54 Å². The van der Waals surface area contributed by atoms with E-state index in [2.05, 4.69) is 17.5 Å². The number of piperazine rings is 1. The highest BCUT2D eigenvalue weighted by Gasteiger charge is 2.26. The van der Waals surface area contributed by atoms with Crippen molar-refractivity contribution in [3.63, 3.8) is 0 Å². The predicted octanol–water partition coefficient (Wildman–Crippen LogP) is 0.848. The molecular weight excluding hydrogens is 321 g/mol. The average molecular weight is 346 g/mol. The first kappa shape index (κ1) is 17.6. The number of rotatable bonds is 5. The predicted molar refractivity (Wildman–Crippen MR) is 93.7 cm³/mol. The Labute approximate surface area is 147 Å². The van der Waals surface area contributed by atoms with E-state index in [1.165, 1.54) is 12.1 Å². The number of carbonyl (C=O) groups is 2. The van der Waals surface area contributed by atoms with E-state index < -0.39 is 0 Å². The van der Waals surface area contributed by atoms with Gasteiger partial charge in [-0.15, -0.1) is 0 Å². The third-order valence-electron chi connectivity index (χ3n) is 4.89. The summed E-state index contributed by atoms with van der Waals surface area (Å²) in [5, 5.41) is 2.72. The highest BCUT2D eigenvalue weighted by molar-refractivity contribution is 5.91. The van der Waals surface area contributed by atoms with Crippen molar-refractivity contribution in [3.05, 3.63) is 42.2 Å². The number of allylic oxidation sites excluding steroid dienone is 2. The summed E-state index contributed by atoms with van der Waals surface area (Å²) in [6.45, 7) is 3.26. The van der Waals surface area contributed by atoms with Gasteiger partial charge in [0.1, 0.15) is 5.82 Å². The Morgan fingerprint density at radius 1 is 1.28 bits per heavy atom. The summed E-state index contributed by atoms with van der Waals surface area (Å²) in [5.41, 5.74) is 0.475. The lowest BCUT2D eigenvalue weighted by Gasteiger charge is -2.32. The van der Waals surface area contributed by atoms with Crippen molar-refractivity contribution in [1.82, 2.24) is 4.90 Å². The summed E-state index contributed by atoms with van der Waals surface area (Å²) in [7, 11) is 0. The van der Waals surface area contributed by atoms with Gasteiger partial charge < -0.3 is 15.1 Å². The zero-order chi connectivity index (χ0) is 17.6. The molecule has 1 aliphatic heterocycles. The van der Waals surface area contributed by atoms with Crippen molar-refractivity contribution in [2.24, 2.45) is 5.92 Å². The van der Waals surface area contributed by atoms with Crippen LogP contribution in [0.4, 0.5) is 10.1 Å². The molecule has 3 rings (SSSR count). The molecule has 2 amide bonds. The van der Waals surface area contributed by atoms with Crippen LogP contribution in [0.25, 0.3) is 0 Å². The molecule has 0 spiro atoms. The van der Waals surface area contributed by atoms with Gasteiger partial charge in [-0.25, -0.2) is 4.39 Å². The molecule has 0 aromatic heterocycles. The largest absolute Gasteiger partial charge is 0.331 e. The van der Waals surface area contributed by atoms with Crippen LogP contribution < -0.4 is 10.2 Å². The summed E-state index contributed by atoms with van der Waals surface area (Å²) in [6.07, 6.45) is 7.06. The number of quaternary nitrogens is 1. The third kappa shape index (κ3) is 5.13. The highest BCUT2D eigenvalue weighted by Crippen LogP contribution is 2.21. The molecule has 1 aromatic carbocycles. The molecule has 1 aromatic rings. The Morgan fingerprint density at radius 2 is 2.08 bits per heavy atom. The fraction of sp³-hybridized carbons (Fsp3) is 0.474. The number of carbonyl (C=O) groups excluding carboxylic acids is 2. The number of hydrogen-bond acceptors (Lipinski definition) is 2. The highest BCUT2D eigenvalue weighted by atomic mass is 19.1. The summed E-state index contributed by atoms with van der Waals surface area (Å²) in [5.74, 6) is 0.126. The molecule has 134 valence electrons. The van der Waals surface area contributed by atoms with Crippen molar-refractivity contribution >= 4 is 17.5 Å². The lowest BCUT2D eigenvalue weighted by molar-refractivity contribution is -0.895. The average Bonchev–Trinajstić information content (AvgIpc) is 3.08. The summed E-state index contributed by atoms with van der Waals surface area (Å²) >= 11 is 0. The van der Waals surface area contributed by atoms with Gasteiger partial charge in [0.05, 0.1) is 26.2 Å². The molecule has 0 radical (unpaired) electrons. The SMILES string of the molecule is O=C(C[NH+]1CCN(C(=O)C[C@H]2C=CCC2)CC1)Nc1cccc(F)c1. The second-order valence-electron chi connectivity index (χ2n) is 6.84. The van der Waals surface area contributed by atoms with Gasteiger partial charge >= 0.3 is 0 Å². The second kappa shape index (κ2) is 8.25. The molecule has 0 unspecified atom stereocenters. The van der Waals surface area contributed by atoms with E-state index >= 15 is 0 Å². The van der Waals surface area contributed by atoms with E-state index in [0.29, 0.717) is 37.7 Å². The maximum atomic E-state index is 13.1. The van der Waals surface area contributed by atoms with E-state index in [0.717, 1.165) is 30.8 Å². The van der Waals surface area contributed by atoms with Crippen molar-refractivity contribution in [2.75, 3.05) is 38.0 Å². The molecule has 2 N–H and O–H groups in total. The minimum atomic E-state index is -0.366. The zero-order valence-corrected chi connectivity index (χ0v) is 14.3. The quantitative estimate of drug-likeness (QED) is 0.777. The van der Waals surface area contributed by atoms with Gasteiger partial charge in [-0.3, -0.25) is 9.59 Å². The molecule has 2 aliphatic rings. The first-order chi connectivity index (χ1) is 12.1. The number of nitrogens with zero attached hydrogens (tertiary/aromatic N) is 1. The Balaban J connectivity index is 1.40. The van der Waals surface area contributed by atoms with Crippen LogP contribution in [0, 0.1) is 11.7 Å². The number of nitrogens with one attached hydrogen (secondary N) is 2. The Hall–Kier alpha value is -2.21. The van der Waals surface area contributed by atoms with E-state index in [1.807, 2.05) is 4.90 Å². The monoisotopic (exact) mass is 346 g/mol. The van der Waals surface area contributed by atoms with Crippen LogP contribution in [0.5, 0.6) is 0 Å². The van der Waals surface area contributed by atoms with Gasteiger partial charge in [-0.1, -0.05) is 18.2 Å². The number of halogens is 1. The number of anilines is 1. The van der Waals surface area contributed by atoms with E-state index in [-0.39, 0.29) is 17.6 Å². The molecule has 1 aliphatic carbocycles. The smallest absolute Gasteiger partial charge is 0.279 e. The normalized spacial score (nSPS) is 20.7. The van der Waals surface area contributed by atoms with E-state index in [4.69, 9.17) is 0 Å². The zero-order valence-electron chi connectivity index (χ0n) is 14.3. The van der Waals surface area contributed by atoms with Crippen LogP contribution in [0.1, 0.15) is 19.3 Å². The molecule has 1 saturated heterocycles. The van der Waals surface area contributed by atoms with Crippen molar-refractivity contribution in [3.8, 4) is 0 Å². The summed E-state index contributed by atoms with van der Waals surface area (Å²) in [6, 6.07) is 5.89. The second-order valence-corrected chi connectivity index (χ2v) is 6.84. The van der Waals surface area contributed by atoms with Crippen LogP contribution >= 0.6 is 0 Å². The molecular formula is C19H25FN3O2+. The maximum absolute atomic E-state index is 13.1. The molecule has 0 saturated carbocycles. The number of hydrogen-bond donors (Lipinski definition) is 2. The third-order valence-corrected chi connectivity index (χ3v) is 4.89. The standard InChI is InChI=1S/C19H24FN3O2/c20-16-6-3-7-17(13-16)21-18(24)14-22-8-10-23(11-9-22)19(25)12-15-4-1-2-5-15/h1,3-4,6-7,13,15H,2,5,8-12,14H2,(H,21,24)/p+1/t15-/m0/s1. The van der Waals surface area contributed by atoms with Gasteiger partial charge in [0.2, 0.25) is 5.91 Å². The van der Waals surface area contributed by atoms with Gasteiger partial charge in [-0.2, -0.15) is 0 Å². The van der Waals surface area contributed by atoms with Crippen molar-refractivity contribution in [2.45, 2.75) is 19.3 Å². The van der Waals surface area contributed by atoms with Crippen molar-refractivity contribution in [1.29, 1.82) is 0 Å². The molecule has 5 nitrogen and oxygen atoms in total. The maximum Gasteiger partial charge on any atom is 0.279 e. The van der Waals surface area contributed by atoms with E-state index in [1.54, 1.807) is 12.1 Å². The van der Waals surface area contributed by atoms with Gasteiger partial charge in [0.25, 0.3) is 5.91 Å². The van der Waals surface area contributed by atoms with E-state index in [9.17, 15) is 14.0 Å². The van der Waals surface area contributed by atoms with Gasteiger partial charge in [0, 0.05) is 12.1 Å². The fourth-order valence-electron chi connectivity index (χ4n) is 3.47. The minimum Gasteiger partial charge on any atom is -0.331 e. The lowest BCUT2D eigenvalue weighted by Crippen LogP contribution is -3.15. The van der Waals surface area contributed by atoms with Crippen LogP contribution in [0.15, 0.2) is 36.4 Å². The van der Waals surface area contributed by atoms with Gasteiger partial charge in [-0.05, 0) is 37.0 Å². The molecule has 1 atom stereocenters. The Morgan fingerprint density at radius 3 is 2.76 bits per heavy atom. The van der Waals surface area contributed by atoms with Crippen LogP contribution in [0.3, 0.4) is 0 Å². The molecule has 25 heavy (non-hydrogen) atoms. The first-order valence-corrected chi connectivity index (χ1v) is 8.93.